The SMILES string of the molecule is CCC#Cc1ccc(OC(=O)C2OC[CH]CO2)cc1. The van der Waals surface area contributed by atoms with E-state index in [2.05, 4.69) is 11.8 Å². The van der Waals surface area contributed by atoms with Gasteiger partial charge in [-0.1, -0.05) is 18.8 Å². The van der Waals surface area contributed by atoms with Crippen molar-refractivity contribution >= 4 is 5.97 Å². The Labute approximate surface area is 112 Å². The number of rotatable bonds is 2. The molecule has 4 nitrogen and oxygen atoms in total. The molecule has 1 aliphatic rings. The number of ether oxygens (including phenoxy) is 3. The Balaban J connectivity index is 1.93. The zero-order valence-electron chi connectivity index (χ0n) is 10.7. The molecule has 0 saturated carbocycles. The average molecular weight is 259 g/mol. The smallest absolute Gasteiger partial charge is 0.368 e. The molecule has 0 unspecified atom stereocenters. The lowest BCUT2D eigenvalue weighted by Crippen LogP contribution is -2.35. The van der Waals surface area contributed by atoms with Crippen molar-refractivity contribution in [2.75, 3.05) is 13.2 Å². The Morgan fingerprint density at radius 1 is 1.32 bits per heavy atom. The first-order valence-corrected chi connectivity index (χ1v) is 6.15. The van der Waals surface area contributed by atoms with E-state index in [0.29, 0.717) is 19.0 Å². The van der Waals surface area contributed by atoms with Gasteiger partial charge < -0.3 is 14.2 Å². The lowest BCUT2D eigenvalue weighted by atomic mass is 10.2. The highest BCUT2D eigenvalue weighted by atomic mass is 16.7. The van der Waals surface area contributed by atoms with Crippen LogP contribution in [0.3, 0.4) is 0 Å². The van der Waals surface area contributed by atoms with Crippen LogP contribution in [0.25, 0.3) is 0 Å². The van der Waals surface area contributed by atoms with Gasteiger partial charge in [0.1, 0.15) is 5.75 Å². The van der Waals surface area contributed by atoms with Crippen LogP contribution in [-0.4, -0.2) is 25.5 Å². The molecular weight excluding hydrogens is 244 g/mol. The van der Waals surface area contributed by atoms with Crippen LogP contribution in [-0.2, 0) is 14.3 Å². The molecule has 2 rings (SSSR count). The Hall–Kier alpha value is -1.83. The summed E-state index contributed by atoms with van der Waals surface area (Å²) >= 11 is 0. The summed E-state index contributed by atoms with van der Waals surface area (Å²) in [6.45, 7) is 2.78. The van der Waals surface area contributed by atoms with E-state index in [9.17, 15) is 4.79 Å². The molecule has 1 fully saturated rings. The first-order chi connectivity index (χ1) is 9.29. The van der Waals surface area contributed by atoms with Crippen LogP contribution in [0, 0.1) is 18.3 Å². The van der Waals surface area contributed by atoms with Gasteiger partial charge in [-0.15, -0.1) is 0 Å². The molecule has 0 aliphatic carbocycles. The summed E-state index contributed by atoms with van der Waals surface area (Å²) in [5.74, 6) is 5.88. The van der Waals surface area contributed by atoms with Gasteiger partial charge >= 0.3 is 5.97 Å². The van der Waals surface area contributed by atoms with Crippen molar-refractivity contribution in [3.05, 3.63) is 36.2 Å². The van der Waals surface area contributed by atoms with Gasteiger partial charge in [-0.2, -0.15) is 0 Å². The number of esters is 1. The van der Waals surface area contributed by atoms with Crippen molar-refractivity contribution in [2.45, 2.75) is 19.6 Å². The predicted octanol–water partition coefficient (Wildman–Crippen LogP) is 1.93. The molecule has 1 saturated heterocycles. The van der Waals surface area contributed by atoms with Crippen LogP contribution in [0.4, 0.5) is 0 Å². The molecule has 1 aliphatic heterocycles. The lowest BCUT2D eigenvalue weighted by Gasteiger charge is -2.21. The topological polar surface area (TPSA) is 44.8 Å². The van der Waals surface area contributed by atoms with Crippen molar-refractivity contribution in [2.24, 2.45) is 0 Å². The maximum absolute atomic E-state index is 11.7. The third-order valence-electron chi connectivity index (χ3n) is 2.41. The van der Waals surface area contributed by atoms with Crippen LogP contribution in [0.2, 0.25) is 0 Å². The van der Waals surface area contributed by atoms with Crippen LogP contribution < -0.4 is 4.74 Å². The third kappa shape index (κ3) is 4.09. The second-order valence-corrected chi connectivity index (χ2v) is 3.89. The Bertz CT molecular complexity index is 475. The minimum Gasteiger partial charge on any atom is -0.423 e. The monoisotopic (exact) mass is 259 g/mol. The molecule has 19 heavy (non-hydrogen) atoms. The molecule has 0 bridgehead atoms. The highest BCUT2D eigenvalue weighted by Crippen LogP contribution is 2.14. The molecule has 1 aromatic rings. The van der Waals surface area contributed by atoms with E-state index < -0.39 is 12.3 Å². The van der Waals surface area contributed by atoms with Gasteiger partial charge in [0.05, 0.1) is 13.2 Å². The quantitative estimate of drug-likeness (QED) is 0.462. The summed E-state index contributed by atoms with van der Waals surface area (Å²) < 4.78 is 15.4. The van der Waals surface area contributed by atoms with Crippen molar-refractivity contribution in [3.63, 3.8) is 0 Å². The third-order valence-corrected chi connectivity index (χ3v) is 2.41. The van der Waals surface area contributed by atoms with Crippen LogP contribution in [0.1, 0.15) is 18.9 Å². The maximum Gasteiger partial charge on any atom is 0.368 e. The molecule has 1 radical (unpaired) electrons. The lowest BCUT2D eigenvalue weighted by molar-refractivity contribution is -0.193. The van der Waals surface area contributed by atoms with E-state index in [1.165, 1.54) is 0 Å². The van der Waals surface area contributed by atoms with E-state index in [-0.39, 0.29) is 0 Å². The van der Waals surface area contributed by atoms with Gasteiger partial charge in [0.15, 0.2) is 0 Å². The molecule has 4 heteroatoms. The zero-order chi connectivity index (χ0) is 13.5. The zero-order valence-corrected chi connectivity index (χ0v) is 10.7. The van der Waals surface area contributed by atoms with Gasteiger partial charge in [-0.3, -0.25) is 0 Å². The van der Waals surface area contributed by atoms with Crippen molar-refractivity contribution in [1.82, 2.24) is 0 Å². The Morgan fingerprint density at radius 2 is 2.00 bits per heavy atom. The summed E-state index contributed by atoms with van der Waals surface area (Å²) in [5.41, 5.74) is 0.890. The molecule has 99 valence electrons. The summed E-state index contributed by atoms with van der Waals surface area (Å²) in [6, 6.07) is 7.02. The van der Waals surface area contributed by atoms with E-state index >= 15 is 0 Å². The van der Waals surface area contributed by atoms with E-state index in [1.54, 1.807) is 18.6 Å². The summed E-state index contributed by atoms with van der Waals surface area (Å²) in [5, 5.41) is 0. The fraction of sp³-hybridized carbons (Fsp3) is 0.333. The molecule has 0 aromatic heterocycles. The minimum absolute atomic E-state index is 0.394. The minimum atomic E-state index is -0.940. The van der Waals surface area contributed by atoms with Gasteiger partial charge in [-0.25, -0.2) is 4.79 Å². The number of carbonyl (C=O) groups excluding carboxylic acids is 1. The number of hydrogen-bond acceptors (Lipinski definition) is 4. The van der Waals surface area contributed by atoms with Gasteiger partial charge in [0.2, 0.25) is 0 Å². The molecule has 0 atom stereocenters. The maximum atomic E-state index is 11.7. The van der Waals surface area contributed by atoms with E-state index in [4.69, 9.17) is 14.2 Å². The van der Waals surface area contributed by atoms with E-state index in [1.807, 2.05) is 19.1 Å². The van der Waals surface area contributed by atoms with Gasteiger partial charge in [-0.05, 0) is 24.3 Å². The molecule has 1 aromatic carbocycles. The summed E-state index contributed by atoms with van der Waals surface area (Å²) in [6.07, 6.45) is 1.67. The highest BCUT2D eigenvalue weighted by Gasteiger charge is 2.25. The molecule has 0 spiro atoms. The van der Waals surface area contributed by atoms with Crippen molar-refractivity contribution in [1.29, 1.82) is 0 Å². The Morgan fingerprint density at radius 3 is 2.63 bits per heavy atom. The van der Waals surface area contributed by atoms with E-state index in [0.717, 1.165) is 12.0 Å². The standard InChI is InChI=1S/C15H15O4/c1-2-3-5-12-6-8-13(9-7-12)19-14(16)15-17-10-4-11-18-15/h4,6-9,15H,2,10-11H2,1H3. The molecular formula is C15H15O4. The van der Waals surface area contributed by atoms with Crippen LogP contribution in [0.15, 0.2) is 24.3 Å². The van der Waals surface area contributed by atoms with Crippen molar-refractivity contribution in [3.8, 4) is 17.6 Å². The van der Waals surface area contributed by atoms with Crippen molar-refractivity contribution < 1.29 is 19.0 Å². The predicted molar refractivity (Wildman–Crippen MR) is 69.2 cm³/mol. The number of benzene rings is 1. The average Bonchev–Trinajstić information content (AvgIpc) is 2.47. The largest absolute Gasteiger partial charge is 0.423 e. The first-order valence-electron chi connectivity index (χ1n) is 6.15. The molecule has 0 N–H and O–H groups in total. The van der Waals surface area contributed by atoms with Gasteiger partial charge in [0.25, 0.3) is 6.29 Å². The van der Waals surface area contributed by atoms with Gasteiger partial charge in [0, 0.05) is 18.4 Å². The number of hydrogen-bond donors (Lipinski definition) is 0. The van der Waals surface area contributed by atoms with Crippen LogP contribution in [0.5, 0.6) is 5.75 Å². The highest BCUT2D eigenvalue weighted by molar-refractivity contribution is 5.76. The molecule has 0 amide bonds. The number of carbonyl (C=O) groups is 1. The normalized spacial score (nSPS) is 15.4. The first kappa shape index (κ1) is 13.6. The molecule has 1 heterocycles. The Kier molecular flexibility index (Phi) is 4.96. The fourth-order valence-corrected chi connectivity index (χ4v) is 1.50. The second kappa shape index (κ2) is 6.93. The fourth-order valence-electron chi connectivity index (χ4n) is 1.50. The second-order valence-electron chi connectivity index (χ2n) is 3.89. The summed E-state index contributed by atoms with van der Waals surface area (Å²) in [4.78, 5) is 11.7. The van der Waals surface area contributed by atoms with Crippen LogP contribution >= 0.6 is 0 Å². The summed E-state index contributed by atoms with van der Waals surface area (Å²) in [7, 11) is 0.